The topological polar surface area (TPSA) is 38.3 Å². The fourth-order valence-corrected chi connectivity index (χ4v) is 1.63. The van der Waals surface area contributed by atoms with Gasteiger partial charge in [0, 0.05) is 11.0 Å². The van der Waals surface area contributed by atoms with Crippen LogP contribution in [0.2, 0.25) is 5.02 Å². The van der Waals surface area contributed by atoms with Gasteiger partial charge in [-0.1, -0.05) is 17.7 Å². The van der Waals surface area contributed by atoms with Crippen LogP contribution >= 0.6 is 27.5 Å². The summed E-state index contributed by atoms with van der Waals surface area (Å²) in [6, 6.07) is 5.34. The van der Waals surface area contributed by atoms with Crippen LogP contribution in [0.4, 0.5) is 0 Å². The second kappa shape index (κ2) is 6.23. The number of carbonyl (C=O) groups excluding carboxylic acids is 1. The second-order valence-corrected chi connectivity index (χ2v) is 4.64. The number of ether oxygens (including phenoxy) is 1. The number of hydrogen-bond acceptors (Lipinski definition) is 3. The van der Waals surface area contributed by atoms with Crippen molar-refractivity contribution in [3.05, 3.63) is 33.3 Å². The van der Waals surface area contributed by atoms with Crippen molar-refractivity contribution in [2.24, 2.45) is 0 Å². The van der Waals surface area contributed by atoms with Gasteiger partial charge in [-0.15, -0.1) is 0 Å². The minimum absolute atomic E-state index is 0.275. The summed E-state index contributed by atoms with van der Waals surface area (Å²) in [7, 11) is 1.37. The summed E-state index contributed by atoms with van der Waals surface area (Å²) >= 11 is 9.27. The molecule has 0 heterocycles. The average Bonchev–Trinajstić information content (AvgIpc) is 2.29. The zero-order valence-electron chi connectivity index (χ0n) is 9.09. The first-order valence-electron chi connectivity index (χ1n) is 4.79. The van der Waals surface area contributed by atoms with E-state index in [1.165, 1.54) is 7.11 Å². The van der Waals surface area contributed by atoms with E-state index in [0.717, 1.165) is 10.0 Å². The van der Waals surface area contributed by atoms with E-state index in [4.69, 9.17) is 11.6 Å². The molecule has 88 valence electrons. The van der Waals surface area contributed by atoms with Gasteiger partial charge in [-0.05, 0) is 40.5 Å². The maximum Gasteiger partial charge on any atom is 0.322 e. The predicted octanol–water partition coefficient (Wildman–Crippen LogP) is 2.75. The Morgan fingerprint density at radius 2 is 2.31 bits per heavy atom. The van der Waals surface area contributed by atoms with E-state index in [1.807, 2.05) is 18.2 Å². The molecule has 1 N–H and O–H groups in total. The first-order chi connectivity index (χ1) is 7.54. The van der Waals surface area contributed by atoms with Crippen molar-refractivity contribution < 1.29 is 9.53 Å². The summed E-state index contributed by atoms with van der Waals surface area (Å²) in [6.07, 6.45) is 0. The van der Waals surface area contributed by atoms with Gasteiger partial charge in [-0.25, -0.2) is 0 Å². The highest BCUT2D eigenvalue weighted by atomic mass is 79.9. The fraction of sp³-hybridized carbons (Fsp3) is 0.364. The van der Waals surface area contributed by atoms with Crippen LogP contribution in [-0.2, 0) is 16.1 Å². The summed E-state index contributed by atoms with van der Waals surface area (Å²) in [6.45, 7) is 2.33. The van der Waals surface area contributed by atoms with E-state index in [2.05, 4.69) is 26.0 Å². The largest absolute Gasteiger partial charge is 0.468 e. The lowest BCUT2D eigenvalue weighted by Gasteiger charge is -2.11. The van der Waals surface area contributed by atoms with Crippen molar-refractivity contribution >= 4 is 33.5 Å². The molecule has 0 fully saturated rings. The second-order valence-electron chi connectivity index (χ2n) is 3.37. The summed E-state index contributed by atoms with van der Waals surface area (Å²) < 4.78 is 5.47. The molecule has 1 aromatic carbocycles. The molecule has 16 heavy (non-hydrogen) atoms. The van der Waals surface area contributed by atoms with Gasteiger partial charge < -0.3 is 10.1 Å². The standard InChI is InChI=1S/C11H13BrClNO2/c1-7(11(15)16-2)14-6-8-3-4-9(12)10(13)5-8/h3-5,7,14H,6H2,1-2H3. The molecule has 0 saturated carbocycles. The highest BCUT2D eigenvalue weighted by Gasteiger charge is 2.11. The van der Waals surface area contributed by atoms with Gasteiger partial charge in [-0.3, -0.25) is 4.79 Å². The molecule has 1 rings (SSSR count). The normalized spacial score (nSPS) is 12.2. The maximum absolute atomic E-state index is 11.1. The Balaban J connectivity index is 2.55. The van der Waals surface area contributed by atoms with Crippen LogP contribution in [0.3, 0.4) is 0 Å². The molecule has 0 bridgehead atoms. The molecular weight excluding hydrogens is 293 g/mol. The van der Waals surface area contributed by atoms with Gasteiger partial charge in [0.15, 0.2) is 0 Å². The van der Waals surface area contributed by atoms with Crippen LogP contribution in [0.15, 0.2) is 22.7 Å². The summed E-state index contributed by atoms with van der Waals surface area (Å²) in [5, 5.41) is 3.71. The van der Waals surface area contributed by atoms with Crippen LogP contribution in [0.5, 0.6) is 0 Å². The third-order valence-electron chi connectivity index (χ3n) is 2.15. The first kappa shape index (κ1) is 13.5. The van der Waals surface area contributed by atoms with Crippen LogP contribution in [0, 0.1) is 0 Å². The molecule has 0 aliphatic rings. The van der Waals surface area contributed by atoms with E-state index in [0.29, 0.717) is 11.6 Å². The number of nitrogens with one attached hydrogen (secondary N) is 1. The van der Waals surface area contributed by atoms with Gasteiger partial charge in [0.1, 0.15) is 6.04 Å². The summed E-state index contributed by atoms with van der Waals surface area (Å²) in [5.41, 5.74) is 1.02. The molecule has 0 saturated heterocycles. The molecule has 0 aliphatic carbocycles. The van der Waals surface area contributed by atoms with Gasteiger partial charge in [0.25, 0.3) is 0 Å². The van der Waals surface area contributed by atoms with Crippen LogP contribution in [0.25, 0.3) is 0 Å². The summed E-state index contributed by atoms with van der Waals surface area (Å²) in [5.74, 6) is -0.275. The van der Waals surface area contributed by atoms with Gasteiger partial charge in [0.05, 0.1) is 12.1 Å². The number of carbonyl (C=O) groups is 1. The lowest BCUT2D eigenvalue weighted by Crippen LogP contribution is -2.34. The number of hydrogen-bond donors (Lipinski definition) is 1. The SMILES string of the molecule is COC(=O)C(C)NCc1ccc(Br)c(Cl)c1. The third-order valence-corrected chi connectivity index (χ3v) is 3.38. The van der Waals surface area contributed by atoms with Crippen molar-refractivity contribution in [3.63, 3.8) is 0 Å². The van der Waals surface area contributed by atoms with Crippen molar-refractivity contribution in [3.8, 4) is 0 Å². The minimum Gasteiger partial charge on any atom is -0.468 e. The highest BCUT2D eigenvalue weighted by Crippen LogP contribution is 2.23. The Kier molecular flexibility index (Phi) is 5.25. The highest BCUT2D eigenvalue weighted by molar-refractivity contribution is 9.10. The zero-order chi connectivity index (χ0) is 12.1. The van der Waals surface area contributed by atoms with Crippen molar-refractivity contribution in [1.29, 1.82) is 0 Å². The van der Waals surface area contributed by atoms with Gasteiger partial charge in [0.2, 0.25) is 0 Å². The molecule has 1 atom stereocenters. The molecule has 3 nitrogen and oxygen atoms in total. The fourth-order valence-electron chi connectivity index (χ4n) is 1.18. The Bertz CT molecular complexity index is 384. The lowest BCUT2D eigenvalue weighted by molar-refractivity contribution is -0.142. The van der Waals surface area contributed by atoms with Crippen LogP contribution in [0.1, 0.15) is 12.5 Å². The Labute approximate surface area is 108 Å². The Morgan fingerprint density at radius 3 is 2.88 bits per heavy atom. The molecular formula is C11H13BrClNO2. The number of esters is 1. The van der Waals surface area contributed by atoms with Crippen LogP contribution < -0.4 is 5.32 Å². The summed E-state index contributed by atoms with van der Waals surface area (Å²) in [4.78, 5) is 11.1. The monoisotopic (exact) mass is 305 g/mol. The van der Waals surface area contributed by atoms with E-state index in [9.17, 15) is 4.79 Å². The van der Waals surface area contributed by atoms with Crippen LogP contribution in [-0.4, -0.2) is 19.1 Å². The smallest absolute Gasteiger partial charge is 0.322 e. The average molecular weight is 307 g/mol. The molecule has 0 aliphatic heterocycles. The van der Waals surface area contributed by atoms with Gasteiger partial charge in [-0.2, -0.15) is 0 Å². The minimum atomic E-state index is -0.326. The number of rotatable bonds is 4. The number of halogens is 2. The van der Waals surface area contributed by atoms with E-state index < -0.39 is 0 Å². The van der Waals surface area contributed by atoms with Gasteiger partial charge >= 0.3 is 5.97 Å². The molecule has 0 aromatic heterocycles. The number of benzene rings is 1. The van der Waals surface area contributed by atoms with E-state index in [-0.39, 0.29) is 12.0 Å². The zero-order valence-corrected chi connectivity index (χ0v) is 11.4. The number of methoxy groups -OCH3 is 1. The molecule has 1 aromatic rings. The van der Waals surface area contributed by atoms with E-state index in [1.54, 1.807) is 6.92 Å². The van der Waals surface area contributed by atoms with Crippen molar-refractivity contribution in [1.82, 2.24) is 5.32 Å². The molecule has 0 spiro atoms. The molecule has 5 heteroatoms. The predicted molar refractivity (Wildman–Crippen MR) is 67.5 cm³/mol. The quantitative estimate of drug-likeness (QED) is 0.869. The van der Waals surface area contributed by atoms with Crippen molar-refractivity contribution in [2.45, 2.75) is 19.5 Å². The Morgan fingerprint density at radius 1 is 1.62 bits per heavy atom. The third kappa shape index (κ3) is 3.77. The Hall–Kier alpha value is -0.580. The van der Waals surface area contributed by atoms with E-state index >= 15 is 0 Å². The molecule has 0 radical (unpaired) electrons. The lowest BCUT2D eigenvalue weighted by atomic mass is 10.2. The molecule has 0 amide bonds. The maximum atomic E-state index is 11.1. The van der Waals surface area contributed by atoms with Crippen molar-refractivity contribution in [2.75, 3.05) is 7.11 Å². The first-order valence-corrected chi connectivity index (χ1v) is 5.97. The molecule has 1 unspecified atom stereocenters.